The van der Waals surface area contributed by atoms with Gasteiger partial charge in [0.1, 0.15) is 5.82 Å². The smallest absolute Gasteiger partial charge is 0.113 e. The molecule has 3 heterocycles. The van der Waals surface area contributed by atoms with Crippen LogP contribution in [0.4, 0.5) is 0 Å². The Morgan fingerprint density at radius 3 is 3.06 bits per heavy atom. The minimum absolute atomic E-state index is 0.798. The van der Waals surface area contributed by atoms with E-state index in [0.717, 1.165) is 25.4 Å². The number of aromatic nitrogens is 2. The van der Waals surface area contributed by atoms with Crippen LogP contribution in [0.5, 0.6) is 0 Å². The summed E-state index contributed by atoms with van der Waals surface area (Å²) in [5.74, 6) is 2.01. The van der Waals surface area contributed by atoms with E-state index in [1.54, 1.807) is 0 Å². The largest absolute Gasteiger partial charge is 0.317 e. The Morgan fingerprint density at radius 2 is 2.19 bits per heavy atom. The van der Waals surface area contributed by atoms with E-state index in [2.05, 4.69) is 39.1 Å². The van der Waals surface area contributed by atoms with Gasteiger partial charge in [0, 0.05) is 12.6 Å². The maximum Gasteiger partial charge on any atom is 0.113 e. The highest BCUT2D eigenvalue weighted by Crippen LogP contribution is 2.18. The van der Waals surface area contributed by atoms with Gasteiger partial charge in [-0.05, 0) is 44.0 Å². The van der Waals surface area contributed by atoms with E-state index >= 15 is 0 Å². The van der Waals surface area contributed by atoms with Crippen molar-refractivity contribution in [2.45, 2.75) is 19.3 Å². The van der Waals surface area contributed by atoms with Crippen LogP contribution in [0.3, 0.4) is 0 Å². The Balaban J connectivity index is 1.83. The van der Waals surface area contributed by atoms with E-state index < -0.39 is 0 Å². The van der Waals surface area contributed by atoms with Crippen LogP contribution in [0.15, 0.2) is 30.6 Å². The monoisotopic (exact) mass is 215 g/mol. The quantitative estimate of drug-likeness (QED) is 0.828. The van der Waals surface area contributed by atoms with Gasteiger partial charge in [-0.15, -0.1) is 0 Å². The molecule has 0 saturated carbocycles. The molecular formula is C13H17N3. The van der Waals surface area contributed by atoms with E-state index in [1.165, 1.54) is 24.2 Å². The molecule has 1 fully saturated rings. The number of rotatable bonds is 2. The SMILES string of the molecule is c1ccn2c(CC3CCNCC3)ncc2c1. The molecule has 1 aliphatic heterocycles. The lowest BCUT2D eigenvalue weighted by Crippen LogP contribution is -2.29. The van der Waals surface area contributed by atoms with E-state index in [1.807, 2.05) is 6.20 Å². The fourth-order valence-electron chi connectivity index (χ4n) is 2.49. The number of hydrogen-bond acceptors (Lipinski definition) is 2. The average molecular weight is 215 g/mol. The van der Waals surface area contributed by atoms with Crippen molar-refractivity contribution < 1.29 is 0 Å². The van der Waals surface area contributed by atoms with Gasteiger partial charge in [-0.25, -0.2) is 4.98 Å². The van der Waals surface area contributed by atoms with Crippen LogP contribution in [0.2, 0.25) is 0 Å². The summed E-state index contributed by atoms with van der Waals surface area (Å²) in [6, 6.07) is 6.24. The van der Waals surface area contributed by atoms with E-state index in [4.69, 9.17) is 0 Å². The van der Waals surface area contributed by atoms with Gasteiger partial charge in [0.05, 0.1) is 11.7 Å². The molecule has 1 N–H and O–H groups in total. The molecule has 3 heteroatoms. The third-order valence-corrected chi connectivity index (χ3v) is 3.45. The van der Waals surface area contributed by atoms with Crippen LogP contribution in [0, 0.1) is 5.92 Å². The molecule has 1 saturated heterocycles. The third kappa shape index (κ3) is 1.83. The maximum atomic E-state index is 4.53. The fraction of sp³-hybridized carbons (Fsp3) is 0.462. The predicted molar refractivity (Wildman–Crippen MR) is 64.5 cm³/mol. The molecule has 3 rings (SSSR count). The highest BCUT2D eigenvalue weighted by atomic mass is 15.0. The second-order valence-corrected chi connectivity index (χ2v) is 4.57. The van der Waals surface area contributed by atoms with Crippen LogP contribution in [0.1, 0.15) is 18.7 Å². The molecule has 0 radical (unpaired) electrons. The molecule has 84 valence electrons. The summed E-state index contributed by atoms with van der Waals surface area (Å²) in [4.78, 5) is 4.53. The lowest BCUT2D eigenvalue weighted by Gasteiger charge is -2.21. The topological polar surface area (TPSA) is 29.3 Å². The molecule has 1 aliphatic rings. The number of fused-ring (bicyclic) bond motifs is 1. The lowest BCUT2D eigenvalue weighted by molar-refractivity contribution is 0.367. The summed E-state index contributed by atoms with van der Waals surface area (Å²) in [5, 5.41) is 3.40. The van der Waals surface area contributed by atoms with E-state index in [0.29, 0.717) is 0 Å². The van der Waals surface area contributed by atoms with Gasteiger partial charge >= 0.3 is 0 Å². The van der Waals surface area contributed by atoms with Crippen molar-refractivity contribution in [3.63, 3.8) is 0 Å². The highest BCUT2D eigenvalue weighted by molar-refractivity contribution is 5.45. The molecular weight excluding hydrogens is 198 g/mol. The standard InChI is InChI=1S/C13H17N3/c1-2-8-16-12(3-1)10-15-13(16)9-11-4-6-14-7-5-11/h1-3,8,10-11,14H,4-7,9H2. The number of piperidine rings is 1. The first-order chi connectivity index (χ1) is 7.93. The van der Waals surface area contributed by atoms with Crippen LogP contribution in [0.25, 0.3) is 5.52 Å². The number of nitrogens with one attached hydrogen (secondary N) is 1. The fourth-order valence-corrected chi connectivity index (χ4v) is 2.49. The zero-order valence-electron chi connectivity index (χ0n) is 9.39. The van der Waals surface area contributed by atoms with E-state index in [9.17, 15) is 0 Å². The Bertz CT molecular complexity index is 469. The van der Waals surface area contributed by atoms with Crippen molar-refractivity contribution in [1.29, 1.82) is 0 Å². The summed E-state index contributed by atoms with van der Waals surface area (Å²) in [6.45, 7) is 2.32. The Labute approximate surface area is 95.5 Å². The van der Waals surface area contributed by atoms with Crippen LogP contribution in [-0.2, 0) is 6.42 Å². The first-order valence-corrected chi connectivity index (χ1v) is 6.05. The molecule has 16 heavy (non-hydrogen) atoms. The Morgan fingerprint density at radius 1 is 1.31 bits per heavy atom. The van der Waals surface area contributed by atoms with Gasteiger partial charge in [0.2, 0.25) is 0 Å². The van der Waals surface area contributed by atoms with Gasteiger partial charge in [0.15, 0.2) is 0 Å². The highest BCUT2D eigenvalue weighted by Gasteiger charge is 2.15. The zero-order valence-corrected chi connectivity index (χ0v) is 9.39. The number of nitrogens with zero attached hydrogens (tertiary/aromatic N) is 2. The summed E-state index contributed by atoms with van der Waals surface area (Å²) in [6.07, 6.45) is 7.75. The van der Waals surface area contributed by atoms with Crippen LogP contribution < -0.4 is 5.32 Å². The number of imidazole rings is 1. The van der Waals surface area contributed by atoms with Crippen molar-refractivity contribution in [2.24, 2.45) is 5.92 Å². The molecule has 2 aromatic rings. The summed E-state index contributed by atoms with van der Waals surface area (Å²) >= 11 is 0. The maximum absolute atomic E-state index is 4.53. The Kier molecular flexibility index (Phi) is 2.62. The minimum Gasteiger partial charge on any atom is -0.317 e. The van der Waals surface area contributed by atoms with Crippen molar-refractivity contribution in [3.05, 3.63) is 36.4 Å². The molecule has 0 aromatic carbocycles. The lowest BCUT2D eigenvalue weighted by atomic mass is 9.94. The molecule has 2 aromatic heterocycles. The minimum atomic E-state index is 0.798. The third-order valence-electron chi connectivity index (χ3n) is 3.45. The summed E-state index contributed by atoms with van der Waals surface area (Å²) in [5.41, 5.74) is 1.20. The van der Waals surface area contributed by atoms with Gasteiger partial charge in [-0.3, -0.25) is 0 Å². The van der Waals surface area contributed by atoms with Crippen molar-refractivity contribution in [1.82, 2.24) is 14.7 Å². The van der Waals surface area contributed by atoms with Crippen LogP contribution in [-0.4, -0.2) is 22.5 Å². The normalized spacial score (nSPS) is 18.0. The van der Waals surface area contributed by atoms with Gasteiger partial charge < -0.3 is 9.72 Å². The zero-order chi connectivity index (χ0) is 10.8. The number of hydrogen-bond donors (Lipinski definition) is 1. The molecule has 0 unspecified atom stereocenters. The molecule has 0 bridgehead atoms. The van der Waals surface area contributed by atoms with Gasteiger partial charge in [-0.1, -0.05) is 6.07 Å². The van der Waals surface area contributed by atoms with Crippen molar-refractivity contribution >= 4 is 5.52 Å². The average Bonchev–Trinajstić information content (AvgIpc) is 2.74. The first kappa shape index (κ1) is 9.85. The van der Waals surface area contributed by atoms with Crippen molar-refractivity contribution in [3.8, 4) is 0 Å². The number of pyridine rings is 1. The molecule has 0 atom stereocenters. The Hall–Kier alpha value is -1.35. The van der Waals surface area contributed by atoms with Crippen LogP contribution >= 0.6 is 0 Å². The summed E-state index contributed by atoms with van der Waals surface area (Å²) < 4.78 is 2.21. The molecule has 0 aliphatic carbocycles. The molecule has 3 nitrogen and oxygen atoms in total. The van der Waals surface area contributed by atoms with Gasteiger partial charge in [-0.2, -0.15) is 0 Å². The molecule has 0 amide bonds. The van der Waals surface area contributed by atoms with E-state index in [-0.39, 0.29) is 0 Å². The second kappa shape index (κ2) is 4.26. The van der Waals surface area contributed by atoms with Gasteiger partial charge in [0.25, 0.3) is 0 Å². The predicted octanol–water partition coefficient (Wildman–Crippen LogP) is 1.88. The summed E-state index contributed by atoms with van der Waals surface area (Å²) in [7, 11) is 0. The van der Waals surface area contributed by atoms with Crippen molar-refractivity contribution in [2.75, 3.05) is 13.1 Å². The molecule has 0 spiro atoms. The first-order valence-electron chi connectivity index (χ1n) is 6.05. The second-order valence-electron chi connectivity index (χ2n) is 4.57.